The van der Waals surface area contributed by atoms with Gasteiger partial charge in [-0.25, -0.2) is 5.43 Å². The van der Waals surface area contributed by atoms with Gasteiger partial charge in [0.25, 0.3) is 0 Å². The minimum Gasteiger partial charge on any atom is -0.405 e. The fourth-order valence-electron chi connectivity index (χ4n) is 0.893. The van der Waals surface area contributed by atoms with Gasteiger partial charge in [-0.3, -0.25) is 5.01 Å². The molecular weight excluding hydrogens is 176 g/mol. The lowest BCUT2D eigenvalue weighted by Gasteiger charge is -2.17. The van der Waals surface area contributed by atoms with E-state index in [1.807, 2.05) is 12.3 Å². The third-order valence-corrected chi connectivity index (χ3v) is 1.59. The first-order valence-electron chi connectivity index (χ1n) is 3.48. The van der Waals surface area contributed by atoms with Crippen LogP contribution in [-0.4, -0.2) is 11.6 Å². The summed E-state index contributed by atoms with van der Waals surface area (Å²) >= 11 is 5.64. The van der Waals surface area contributed by atoms with Gasteiger partial charge in [0.1, 0.15) is 5.16 Å². The normalized spacial score (nSPS) is 18.9. The van der Waals surface area contributed by atoms with Gasteiger partial charge in [-0.2, -0.15) is 0 Å². The number of hydrogen-bond donors (Lipinski definition) is 3. The summed E-state index contributed by atoms with van der Waals surface area (Å²) in [5.74, 6) is 0. The molecule has 0 aliphatic carbocycles. The predicted molar refractivity (Wildman–Crippen MR) is 49.4 cm³/mol. The standard InChI is InChI=1S/C7H11ClN4/c8-7(10)6(2-3-9)12-5-1-4-11-12/h1-3,5,11H,4,9-10H2/b3-2-,7-6+. The molecular formula is C7H11ClN4. The Kier molecular flexibility index (Phi) is 3.01. The molecule has 1 aliphatic heterocycles. The highest BCUT2D eigenvalue weighted by molar-refractivity contribution is 6.29. The summed E-state index contributed by atoms with van der Waals surface area (Å²) in [5, 5.41) is 1.92. The van der Waals surface area contributed by atoms with Gasteiger partial charge >= 0.3 is 0 Å². The van der Waals surface area contributed by atoms with E-state index in [0.29, 0.717) is 5.70 Å². The Hall–Kier alpha value is -1.13. The molecule has 12 heavy (non-hydrogen) atoms. The van der Waals surface area contributed by atoms with E-state index in [2.05, 4.69) is 5.43 Å². The van der Waals surface area contributed by atoms with Gasteiger partial charge in [-0.1, -0.05) is 17.7 Å². The fourth-order valence-corrected chi connectivity index (χ4v) is 1.05. The molecule has 5 N–H and O–H groups in total. The molecule has 0 fully saturated rings. The van der Waals surface area contributed by atoms with Crippen LogP contribution in [0.4, 0.5) is 0 Å². The Morgan fingerprint density at radius 1 is 1.67 bits per heavy atom. The second kappa shape index (κ2) is 4.04. The van der Waals surface area contributed by atoms with Crippen molar-refractivity contribution in [3.05, 3.63) is 35.4 Å². The van der Waals surface area contributed by atoms with Crippen molar-refractivity contribution in [2.75, 3.05) is 6.54 Å². The van der Waals surface area contributed by atoms with Crippen LogP contribution in [0.2, 0.25) is 0 Å². The van der Waals surface area contributed by atoms with Crippen molar-refractivity contribution >= 4 is 11.6 Å². The Bertz CT molecular complexity index is 240. The average Bonchev–Trinajstić information content (AvgIpc) is 2.51. The van der Waals surface area contributed by atoms with Crippen molar-refractivity contribution in [3.8, 4) is 0 Å². The summed E-state index contributed by atoms with van der Waals surface area (Å²) in [6, 6.07) is 0. The van der Waals surface area contributed by atoms with Gasteiger partial charge in [0.15, 0.2) is 0 Å². The lowest BCUT2D eigenvalue weighted by atomic mass is 10.4. The summed E-state index contributed by atoms with van der Waals surface area (Å²) < 4.78 is 0. The number of halogens is 1. The molecule has 0 amide bonds. The van der Waals surface area contributed by atoms with Gasteiger partial charge in [0, 0.05) is 12.7 Å². The first kappa shape index (κ1) is 8.96. The van der Waals surface area contributed by atoms with E-state index in [4.69, 9.17) is 23.1 Å². The van der Waals surface area contributed by atoms with Crippen LogP contribution in [0.15, 0.2) is 35.4 Å². The maximum absolute atomic E-state index is 5.64. The molecule has 1 aliphatic rings. The molecule has 0 aromatic carbocycles. The SMILES string of the molecule is N/C=C\C(=C(/N)Cl)N1C=CCN1. The van der Waals surface area contributed by atoms with Gasteiger partial charge in [0.05, 0.1) is 5.70 Å². The molecule has 1 rings (SSSR count). The van der Waals surface area contributed by atoms with E-state index < -0.39 is 0 Å². The zero-order valence-corrected chi connectivity index (χ0v) is 7.25. The van der Waals surface area contributed by atoms with Gasteiger partial charge < -0.3 is 11.5 Å². The van der Waals surface area contributed by atoms with Gasteiger partial charge in [-0.05, 0) is 12.3 Å². The molecule has 0 aromatic heterocycles. The highest BCUT2D eigenvalue weighted by Crippen LogP contribution is 2.11. The van der Waals surface area contributed by atoms with Crippen molar-refractivity contribution in [3.63, 3.8) is 0 Å². The Morgan fingerprint density at radius 2 is 2.42 bits per heavy atom. The first-order valence-corrected chi connectivity index (χ1v) is 3.86. The quantitative estimate of drug-likeness (QED) is 0.425. The van der Waals surface area contributed by atoms with Crippen molar-refractivity contribution in [1.82, 2.24) is 10.4 Å². The molecule has 0 spiro atoms. The number of rotatable bonds is 2. The third-order valence-electron chi connectivity index (χ3n) is 1.39. The van der Waals surface area contributed by atoms with Crippen LogP contribution in [0.3, 0.4) is 0 Å². The number of allylic oxidation sites excluding steroid dienone is 1. The van der Waals surface area contributed by atoms with E-state index in [-0.39, 0.29) is 5.16 Å². The molecule has 5 heteroatoms. The zero-order chi connectivity index (χ0) is 8.97. The maximum Gasteiger partial charge on any atom is 0.125 e. The van der Waals surface area contributed by atoms with Crippen molar-refractivity contribution < 1.29 is 0 Å². The number of nitrogens with one attached hydrogen (secondary N) is 1. The second-order valence-corrected chi connectivity index (χ2v) is 2.62. The van der Waals surface area contributed by atoms with E-state index in [1.165, 1.54) is 6.20 Å². The summed E-state index contributed by atoms with van der Waals surface area (Å²) in [4.78, 5) is 0. The highest BCUT2D eigenvalue weighted by atomic mass is 35.5. The number of nitrogens with two attached hydrogens (primary N) is 2. The van der Waals surface area contributed by atoms with Crippen molar-refractivity contribution in [2.45, 2.75) is 0 Å². The fraction of sp³-hybridized carbons (Fsp3) is 0.143. The minimum absolute atomic E-state index is 0.204. The van der Waals surface area contributed by atoms with Crippen LogP contribution in [-0.2, 0) is 0 Å². The van der Waals surface area contributed by atoms with Gasteiger partial charge in [-0.15, -0.1) is 0 Å². The first-order chi connectivity index (χ1) is 5.75. The second-order valence-electron chi connectivity index (χ2n) is 2.21. The molecule has 0 saturated carbocycles. The van der Waals surface area contributed by atoms with Crippen LogP contribution in [0.5, 0.6) is 0 Å². The molecule has 0 atom stereocenters. The number of nitrogens with zero attached hydrogens (tertiary/aromatic N) is 1. The molecule has 4 nitrogen and oxygen atoms in total. The van der Waals surface area contributed by atoms with Crippen LogP contribution < -0.4 is 16.9 Å². The summed E-state index contributed by atoms with van der Waals surface area (Å²) in [6.45, 7) is 0.770. The van der Waals surface area contributed by atoms with Crippen LogP contribution in [0.25, 0.3) is 0 Å². The third kappa shape index (κ3) is 1.93. The summed E-state index contributed by atoms with van der Waals surface area (Å²) in [7, 11) is 0. The van der Waals surface area contributed by atoms with Crippen molar-refractivity contribution in [2.24, 2.45) is 11.5 Å². The molecule has 0 aromatic rings. The van der Waals surface area contributed by atoms with E-state index in [0.717, 1.165) is 6.54 Å². The van der Waals surface area contributed by atoms with Crippen molar-refractivity contribution in [1.29, 1.82) is 0 Å². The minimum atomic E-state index is 0.204. The zero-order valence-electron chi connectivity index (χ0n) is 6.50. The van der Waals surface area contributed by atoms with Crippen LogP contribution >= 0.6 is 11.6 Å². The Balaban J connectivity index is 2.80. The smallest absolute Gasteiger partial charge is 0.125 e. The highest BCUT2D eigenvalue weighted by Gasteiger charge is 2.09. The average molecular weight is 187 g/mol. The Morgan fingerprint density at radius 3 is 2.83 bits per heavy atom. The van der Waals surface area contributed by atoms with Crippen LogP contribution in [0, 0.1) is 0 Å². The summed E-state index contributed by atoms with van der Waals surface area (Å²) in [6.07, 6.45) is 6.80. The maximum atomic E-state index is 5.64. The predicted octanol–water partition coefficient (Wildman–Crippen LogP) is 0.159. The van der Waals surface area contributed by atoms with E-state index in [1.54, 1.807) is 11.1 Å². The monoisotopic (exact) mass is 186 g/mol. The van der Waals surface area contributed by atoms with Crippen LogP contribution in [0.1, 0.15) is 0 Å². The topological polar surface area (TPSA) is 67.3 Å². The Labute approximate surface area is 76.1 Å². The molecule has 0 bridgehead atoms. The number of hydrazine groups is 1. The molecule has 0 radical (unpaired) electrons. The van der Waals surface area contributed by atoms with Gasteiger partial charge in [0.2, 0.25) is 0 Å². The molecule has 0 saturated heterocycles. The lowest BCUT2D eigenvalue weighted by molar-refractivity contribution is 0.392. The lowest BCUT2D eigenvalue weighted by Crippen LogP contribution is -2.28. The molecule has 1 heterocycles. The number of hydrogen-bond acceptors (Lipinski definition) is 4. The molecule has 66 valence electrons. The van der Waals surface area contributed by atoms with E-state index >= 15 is 0 Å². The summed E-state index contributed by atoms with van der Waals surface area (Å²) in [5.41, 5.74) is 14.3. The molecule has 0 unspecified atom stereocenters. The largest absolute Gasteiger partial charge is 0.405 e. The van der Waals surface area contributed by atoms with E-state index in [9.17, 15) is 0 Å².